The summed E-state index contributed by atoms with van der Waals surface area (Å²) in [6, 6.07) is 7.24. The molecule has 0 aromatic heterocycles. The van der Waals surface area contributed by atoms with E-state index >= 15 is 0 Å². The van der Waals surface area contributed by atoms with Gasteiger partial charge in [0.2, 0.25) is 0 Å². The fraction of sp³-hybridized carbons (Fsp3) is 0.333. The van der Waals surface area contributed by atoms with Gasteiger partial charge in [0.05, 0.1) is 5.75 Å². The minimum atomic E-state index is -0.339. The second-order valence-electron chi connectivity index (χ2n) is 3.85. The number of carbonyl (C=O) groups excluding carboxylic acids is 2. The number of ketones is 1. The van der Waals surface area contributed by atoms with E-state index in [9.17, 15) is 9.59 Å². The second-order valence-corrected chi connectivity index (χ2v) is 4.90. The van der Waals surface area contributed by atoms with E-state index in [1.165, 1.54) is 11.8 Å². The maximum atomic E-state index is 11.6. The number of benzene rings is 1. The molecule has 1 aromatic rings. The number of esters is 1. The van der Waals surface area contributed by atoms with Gasteiger partial charge in [-0.1, -0.05) is 25.0 Å². The molecule has 0 aliphatic heterocycles. The van der Waals surface area contributed by atoms with Gasteiger partial charge in [-0.05, 0) is 18.6 Å². The Morgan fingerprint density at radius 2 is 2.00 bits per heavy atom. The number of hydrogen-bond donors (Lipinski definition) is 0. The lowest BCUT2D eigenvalue weighted by Gasteiger charge is -2.03. The number of hydrogen-bond acceptors (Lipinski definition) is 4. The lowest BCUT2D eigenvalue weighted by atomic mass is 10.1. The Balaban J connectivity index is 2.46. The zero-order chi connectivity index (χ0) is 14.1. The van der Waals surface area contributed by atoms with E-state index < -0.39 is 0 Å². The molecule has 0 atom stereocenters. The van der Waals surface area contributed by atoms with Crippen LogP contribution >= 0.6 is 11.8 Å². The maximum Gasteiger partial charge on any atom is 0.317 e. The van der Waals surface area contributed by atoms with Crippen LogP contribution in [0.25, 0.3) is 0 Å². The van der Waals surface area contributed by atoms with Gasteiger partial charge < -0.3 is 4.74 Å². The van der Waals surface area contributed by atoms with Gasteiger partial charge >= 0.3 is 5.97 Å². The Kier molecular flexibility index (Phi) is 6.76. The second kappa shape index (κ2) is 8.39. The molecule has 1 aromatic carbocycles. The van der Waals surface area contributed by atoms with Crippen molar-refractivity contribution in [3.63, 3.8) is 0 Å². The molecule has 0 heterocycles. The highest BCUT2D eigenvalue weighted by Crippen LogP contribution is 2.19. The molecule has 0 saturated heterocycles. The SMILES string of the molecule is C#CCOC(=O)CSc1ccc(C(=O)CCC)cc1. The first-order valence-electron chi connectivity index (χ1n) is 6.02. The standard InChI is InChI=1S/C15H16O3S/c1-3-5-14(16)12-6-8-13(9-7-12)19-11-15(17)18-10-4-2/h2,6-9H,3,5,10-11H2,1H3. The molecular formula is C15H16O3S. The molecule has 0 N–H and O–H groups in total. The highest BCUT2D eigenvalue weighted by Gasteiger charge is 2.06. The minimum Gasteiger partial charge on any atom is -0.452 e. The summed E-state index contributed by atoms with van der Waals surface area (Å²) in [6.07, 6.45) is 6.39. The summed E-state index contributed by atoms with van der Waals surface area (Å²) in [6.45, 7) is 1.98. The molecule has 19 heavy (non-hydrogen) atoms. The lowest BCUT2D eigenvalue weighted by molar-refractivity contribution is -0.138. The number of rotatable bonds is 7. The van der Waals surface area contributed by atoms with E-state index in [1.54, 1.807) is 12.1 Å². The molecule has 100 valence electrons. The van der Waals surface area contributed by atoms with Crippen LogP contribution in [0.15, 0.2) is 29.2 Å². The van der Waals surface area contributed by atoms with Crippen molar-refractivity contribution in [1.29, 1.82) is 0 Å². The van der Waals surface area contributed by atoms with E-state index in [0.29, 0.717) is 12.0 Å². The molecule has 0 saturated carbocycles. The molecule has 0 fully saturated rings. The third kappa shape index (κ3) is 5.62. The predicted molar refractivity (Wildman–Crippen MR) is 76.2 cm³/mol. The van der Waals surface area contributed by atoms with Crippen molar-refractivity contribution in [3.8, 4) is 12.3 Å². The van der Waals surface area contributed by atoms with Gasteiger partial charge in [-0.15, -0.1) is 18.2 Å². The predicted octanol–water partition coefficient (Wildman–Crippen LogP) is 2.94. The largest absolute Gasteiger partial charge is 0.452 e. The van der Waals surface area contributed by atoms with Crippen molar-refractivity contribution in [3.05, 3.63) is 29.8 Å². The number of thioether (sulfide) groups is 1. The molecule has 3 nitrogen and oxygen atoms in total. The number of carbonyl (C=O) groups is 2. The van der Waals surface area contributed by atoms with E-state index in [4.69, 9.17) is 11.2 Å². The quantitative estimate of drug-likeness (QED) is 0.332. The topological polar surface area (TPSA) is 43.4 Å². The van der Waals surface area contributed by atoms with E-state index in [2.05, 4.69) is 5.92 Å². The van der Waals surface area contributed by atoms with Gasteiger partial charge in [-0.3, -0.25) is 9.59 Å². The summed E-state index contributed by atoms with van der Waals surface area (Å²) in [7, 11) is 0. The van der Waals surface area contributed by atoms with Gasteiger partial charge in [0, 0.05) is 16.9 Å². The Hall–Kier alpha value is -1.73. The first-order chi connectivity index (χ1) is 9.17. The van der Waals surface area contributed by atoms with E-state index in [-0.39, 0.29) is 24.1 Å². The van der Waals surface area contributed by atoms with Gasteiger partial charge in [0.1, 0.15) is 0 Å². The Bertz CT molecular complexity index is 471. The summed E-state index contributed by atoms with van der Waals surface area (Å²) in [5, 5.41) is 0. The van der Waals surface area contributed by atoms with Crippen molar-refractivity contribution in [2.45, 2.75) is 24.7 Å². The normalized spacial score (nSPS) is 9.68. The van der Waals surface area contributed by atoms with Crippen LogP contribution in [0, 0.1) is 12.3 Å². The molecule has 0 radical (unpaired) electrons. The minimum absolute atomic E-state index is 0.00382. The summed E-state index contributed by atoms with van der Waals surface area (Å²) < 4.78 is 4.76. The van der Waals surface area contributed by atoms with Gasteiger partial charge in [-0.25, -0.2) is 0 Å². The van der Waals surface area contributed by atoms with Crippen molar-refractivity contribution in [2.24, 2.45) is 0 Å². The molecule has 0 spiro atoms. The first kappa shape index (κ1) is 15.3. The zero-order valence-electron chi connectivity index (χ0n) is 10.8. The van der Waals surface area contributed by atoms with Crippen LogP contribution in [-0.4, -0.2) is 24.1 Å². The molecule has 0 aliphatic rings. The summed E-state index contributed by atoms with van der Waals surface area (Å²) >= 11 is 1.36. The van der Waals surface area contributed by atoms with Crippen LogP contribution < -0.4 is 0 Å². The highest BCUT2D eigenvalue weighted by molar-refractivity contribution is 8.00. The molecular weight excluding hydrogens is 260 g/mol. The van der Waals surface area contributed by atoms with E-state index in [1.807, 2.05) is 19.1 Å². The van der Waals surface area contributed by atoms with Crippen LogP contribution in [0.3, 0.4) is 0 Å². The first-order valence-corrected chi connectivity index (χ1v) is 7.01. The monoisotopic (exact) mass is 276 g/mol. The fourth-order valence-electron chi connectivity index (χ4n) is 1.41. The average molecular weight is 276 g/mol. The van der Waals surface area contributed by atoms with Crippen molar-refractivity contribution in [2.75, 3.05) is 12.4 Å². The Morgan fingerprint density at radius 1 is 1.32 bits per heavy atom. The molecule has 0 bridgehead atoms. The Morgan fingerprint density at radius 3 is 2.58 bits per heavy atom. The zero-order valence-corrected chi connectivity index (χ0v) is 11.7. The third-order valence-electron chi connectivity index (χ3n) is 2.33. The van der Waals surface area contributed by atoms with Crippen molar-refractivity contribution < 1.29 is 14.3 Å². The Labute approximate surface area is 117 Å². The fourth-order valence-corrected chi connectivity index (χ4v) is 2.11. The number of ether oxygens (including phenoxy) is 1. The molecule has 0 amide bonds. The summed E-state index contributed by atoms with van der Waals surface area (Å²) in [4.78, 5) is 23.8. The third-order valence-corrected chi connectivity index (χ3v) is 3.31. The number of Topliss-reactive ketones (excluding diaryl/α,β-unsaturated/α-hetero) is 1. The van der Waals surface area contributed by atoms with Gasteiger partial charge in [0.25, 0.3) is 0 Å². The van der Waals surface area contributed by atoms with Crippen LogP contribution in [0.5, 0.6) is 0 Å². The smallest absolute Gasteiger partial charge is 0.317 e. The van der Waals surface area contributed by atoms with Gasteiger partial charge in [-0.2, -0.15) is 0 Å². The van der Waals surface area contributed by atoms with E-state index in [0.717, 1.165) is 11.3 Å². The van der Waals surface area contributed by atoms with Crippen molar-refractivity contribution >= 4 is 23.5 Å². The summed E-state index contributed by atoms with van der Waals surface area (Å²) in [5.74, 6) is 2.26. The molecule has 0 aliphatic carbocycles. The highest BCUT2D eigenvalue weighted by atomic mass is 32.2. The van der Waals surface area contributed by atoms with Crippen LogP contribution in [0.4, 0.5) is 0 Å². The lowest BCUT2D eigenvalue weighted by Crippen LogP contribution is -2.07. The van der Waals surface area contributed by atoms with Crippen LogP contribution in [-0.2, 0) is 9.53 Å². The summed E-state index contributed by atoms with van der Waals surface area (Å²) in [5.41, 5.74) is 0.709. The molecule has 4 heteroatoms. The number of terminal acetylenes is 1. The molecule has 0 unspecified atom stereocenters. The van der Waals surface area contributed by atoms with Gasteiger partial charge in [0.15, 0.2) is 12.4 Å². The maximum absolute atomic E-state index is 11.6. The van der Waals surface area contributed by atoms with Crippen LogP contribution in [0.1, 0.15) is 30.1 Å². The van der Waals surface area contributed by atoms with Crippen LogP contribution in [0.2, 0.25) is 0 Å². The average Bonchev–Trinajstić information content (AvgIpc) is 2.43. The molecule has 1 rings (SSSR count). The van der Waals surface area contributed by atoms with Crippen molar-refractivity contribution in [1.82, 2.24) is 0 Å².